The number of thiol groups is 1. The van der Waals surface area contributed by atoms with Gasteiger partial charge in [-0.3, -0.25) is 4.79 Å². The molecule has 1 aromatic carbocycles. The first-order valence-electron chi connectivity index (χ1n) is 6.51. The van der Waals surface area contributed by atoms with Crippen LogP contribution in [0.1, 0.15) is 29.6 Å². The van der Waals surface area contributed by atoms with Gasteiger partial charge in [0.05, 0.1) is 0 Å². The first-order chi connectivity index (χ1) is 9.16. The molecular weight excluding hydrogens is 265 g/mol. The molecule has 0 heterocycles. The van der Waals surface area contributed by atoms with E-state index in [1.165, 1.54) is 31.0 Å². The Kier molecular flexibility index (Phi) is 5.22. The maximum atomic E-state index is 13.0. The van der Waals surface area contributed by atoms with Crippen LogP contribution < -0.4 is 5.32 Å². The Morgan fingerprint density at radius 3 is 2.95 bits per heavy atom. The number of nitrogens with one attached hydrogen (secondary N) is 1. The number of hydrogen-bond acceptors (Lipinski definition) is 3. The lowest BCUT2D eigenvalue weighted by Gasteiger charge is -2.06. The fourth-order valence-corrected chi connectivity index (χ4v) is 1.88. The van der Waals surface area contributed by atoms with E-state index in [-0.39, 0.29) is 10.8 Å². The lowest BCUT2D eigenvalue weighted by atomic mass is 10.2. The molecule has 0 unspecified atom stereocenters. The van der Waals surface area contributed by atoms with E-state index in [9.17, 15) is 9.18 Å². The Morgan fingerprint density at radius 1 is 1.47 bits per heavy atom. The summed E-state index contributed by atoms with van der Waals surface area (Å²) in [5.41, 5.74) is 0.422. The summed E-state index contributed by atoms with van der Waals surface area (Å²) >= 11 is 3.95. The van der Waals surface area contributed by atoms with Gasteiger partial charge in [0, 0.05) is 30.2 Å². The highest BCUT2D eigenvalue weighted by molar-refractivity contribution is 7.80. The number of halogens is 1. The molecule has 1 aliphatic carbocycles. The van der Waals surface area contributed by atoms with Crippen LogP contribution in [0.15, 0.2) is 23.1 Å². The number of carbonyl (C=O) groups is 1. The highest BCUT2D eigenvalue weighted by Crippen LogP contribution is 2.28. The molecule has 0 saturated heterocycles. The van der Waals surface area contributed by atoms with E-state index in [0.29, 0.717) is 18.7 Å². The first kappa shape index (κ1) is 14.3. The van der Waals surface area contributed by atoms with Crippen molar-refractivity contribution < 1.29 is 13.9 Å². The van der Waals surface area contributed by atoms with Crippen LogP contribution in [-0.4, -0.2) is 25.7 Å². The summed E-state index contributed by atoms with van der Waals surface area (Å²) < 4.78 is 18.5. The molecule has 104 valence electrons. The van der Waals surface area contributed by atoms with Crippen LogP contribution in [0.3, 0.4) is 0 Å². The summed E-state index contributed by atoms with van der Waals surface area (Å²) in [7, 11) is 0. The van der Waals surface area contributed by atoms with Crippen molar-refractivity contribution in [2.24, 2.45) is 5.92 Å². The molecule has 1 aliphatic rings. The van der Waals surface area contributed by atoms with Crippen molar-refractivity contribution >= 4 is 18.5 Å². The fourth-order valence-electron chi connectivity index (χ4n) is 1.67. The lowest BCUT2D eigenvalue weighted by molar-refractivity contribution is 0.0937. The van der Waals surface area contributed by atoms with Gasteiger partial charge in [-0.2, -0.15) is 0 Å². The summed E-state index contributed by atoms with van der Waals surface area (Å²) in [4.78, 5) is 11.9. The van der Waals surface area contributed by atoms with E-state index in [2.05, 4.69) is 17.9 Å². The van der Waals surface area contributed by atoms with E-state index in [1.807, 2.05) is 0 Å². The van der Waals surface area contributed by atoms with Gasteiger partial charge in [0.15, 0.2) is 0 Å². The Morgan fingerprint density at radius 2 is 2.26 bits per heavy atom. The molecule has 1 aromatic rings. The van der Waals surface area contributed by atoms with Crippen molar-refractivity contribution in [3.05, 3.63) is 29.6 Å². The van der Waals surface area contributed by atoms with Crippen molar-refractivity contribution in [1.29, 1.82) is 0 Å². The van der Waals surface area contributed by atoms with Crippen LogP contribution in [0.25, 0.3) is 0 Å². The molecule has 3 nitrogen and oxygen atoms in total. The Bertz CT molecular complexity index is 449. The minimum absolute atomic E-state index is 0.181. The minimum atomic E-state index is -0.423. The molecule has 0 radical (unpaired) electrons. The zero-order chi connectivity index (χ0) is 13.7. The topological polar surface area (TPSA) is 38.3 Å². The number of benzene rings is 1. The molecular formula is C14H18FNO2S. The molecule has 0 spiro atoms. The number of amides is 1. The van der Waals surface area contributed by atoms with E-state index in [1.54, 1.807) is 0 Å². The first-order valence-corrected chi connectivity index (χ1v) is 6.96. The zero-order valence-electron chi connectivity index (χ0n) is 10.7. The summed E-state index contributed by atoms with van der Waals surface area (Å²) in [6, 6.07) is 4.13. The molecule has 19 heavy (non-hydrogen) atoms. The maximum Gasteiger partial charge on any atom is 0.251 e. The Balaban J connectivity index is 1.63. The van der Waals surface area contributed by atoms with Crippen molar-refractivity contribution in [2.75, 3.05) is 19.8 Å². The van der Waals surface area contributed by atoms with Gasteiger partial charge in [-0.25, -0.2) is 4.39 Å². The molecule has 2 rings (SSSR count). The SMILES string of the molecule is O=C(NCCCOCC1CC1)c1ccc(F)c(S)c1. The van der Waals surface area contributed by atoms with Crippen LogP contribution >= 0.6 is 12.6 Å². The van der Waals surface area contributed by atoms with Gasteiger partial charge in [-0.15, -0.1) is 12.6 Å². The fraction of sp³-hybridized carbons (Fsp3) is 0.500. The Labute approximate surface area is 117 Å². The predicted molar refractivity (Wildman–Crippen MR) is 74.1 cm³/mol. The quantitative estimate of drug-likeness (QED) is 0.596. The van der Waals surface area contributed by atoms with Gasteiger partial charge in [-0.1, -0.05) is 0 Å². The van der Waals surface area contributed by atoms with Gasteiger partial charge in [0.1, 0.15) is 5.82 Å². The number of rotatable bonds is 7. The second kappa shape index (κ2) is 6.91. The summed E-state index contributed by atoms with van der Waals surface area (Å²) in [5.74, 6) is 0.133. The third kappa shape index (κ3) is 4.84. The van der Waals surface area contributed by atoms with Crippen molar-refractivity contribution in [3.63, 3.8) is 0 Å². The van der Waals surface area contributed by atoms with E-state index in [0.717, 1.165) is 18.9 Å². The van der Waals surface area contributed by atoms with E-state index >= 15 is 0 Å². The van der Waals surface area contributed by atoms with Crippen LogP contribution in [0.4, 0.5) is 4.39 Å². The van der Waals surface area contributed by atoms with Gasteiger partial charge >= 0.3 is 0 Å². The highest BCUT2D eigenvalue weighted by Gasteiger charge is 2.20. The molecule has 1 saturated carbocycles. The minimum Gasteiger partial charge on any atom is -0.381 e. The smallest absolute Gasteiger partial charge is 0.251 e. The van der Waals surface area contributed by atoms with Crippen molar-refractivity contribution in [2.45, 2.75) is 24.2 Å². The van der Waals surface area contributed by atoms with Gasteiger partial charge in [-0.05, 0) is 43.4 Å². The van der Waals surface area contributed by atoms with Gasteiger partial charge < -0.3 is 10.1 Å². The third-order valence-electron chi connectivity index (χ3n) is 3.01. The maximum absolute atomic E-state index is 13.0. The largest absolute Gasteiger partial charge is 0.381 e. The van der Waals surface area contributed by atoms with Crippen LogP contribution in [0.5, 0.6) is 0 Å². The van der Waals surface area contributed by atoms with Gasteiger partial charge in [0.25, 0.3) is 5.91 Å². The summed E-state index contributed by atoms with van der Waals surface area (Å²) in [6.45, 7) is 2.07. The summed E-state index contributed by atoms with van der Waals surface area (Å²) in [6.07, 6.45) is 3.36. The number of carbonyl (C=O) groups excluding carboxylic acids is 1. The normalized spacial score (nSPS) is 14.4. The second-order valence-corrected chi connectivity index (χ2v) is 5.28. The molecule has 0 atom stereocenters. The molecule has 0 aliphatic heterocycles. The van der Waals surface area contributed by atoms with E-state index in [4.69, 9.17) is 4.74 Å². The molecule has 1 N–H and O–H groups in total. The van der Waals surface area contributed by atoms with Crippen molar-refractivity contribution in [3.8, 4) is 0 Å². The van der Waals surface area contributed by atoms with Crippen molar-refractivity contribution in [1.82, 2.24) is 5.32 Å². The third-order valence-corrected chi connectivity index (χ3v) is 3.35. The van der Waals surface area contributed by atoms with Crippen LogP contribution in [0.2, 0.25) is 0 Å². The number of hydrogen-bond donors (Lipinski definition) is 2. The van der Waals surface area contributed by atoms with Crippen LogP contribution in [0, 0.1) is 11.7 Å². The molecule has 0 aromatic heterocycles. The zero-order valence-corrected chi connectivity index (χ0v) is 11.6. The molecule has 1 amide bonds. The van der Waals surface area contributed by atoms with Gasteiger partial charge in [0.2, 0.25) is 0 Å². The molecule has 5 heteroatoms. The average Bonchev–Trinajstić information content (AvgIpc) is 3.20. The Hall–Kier alpha value is -1.07. The lowest BCUT2D eigenvalue weighted by Crippen LogP contribution is -2.25. The van der Waals surface area contributed by atoms with Crippen LogP contribution in [-0.2, 0) is 4.74 Å². The molecule has 0 bridgehead atoms. The standard InChI is InChI=1S/C14H18FNO2S/c15-12-5-4-11(8-13(12)19)14(17)16-6-1-7-18-9-10-2-3-10/h4-5,8,10,19H,1-3,6-7,9H2,(H,16,17). The number of ether oxygens (including phenoxy) is 1. The van der Waals surface area contributed by atoms with E-state index < -0.39 is 5.82 Å². The average molecular weight is 283 g/mol. The monoisotopic (exact) mass is 283 g/mol. The summed E-state index contributed by atoms with van der Waals surface area (Å²) in [5, 5.41) is 2.77. The highest BCUT2D eigenvalue weighted by atomic mass is 32.1. The predicted octanol–water partition coefficient (Wildman–Crippen LogP) is 2.66. The second-order valence-electron chi connectivity index (χ2n) is 4.79. The molecule has 1 fully saturated rings.